The lowest BCUT2D eigenvalue weighted by molar-refractivity contribution is -0.138. The number of methoxy groups -OCH3 is 1. The third kappa shape index (κ3) is 2.44. The van der Waals surface area contributed by atoms with Crippen molar-refractivity contribution in [3.63, 3.8) is 0 Å². The molecule has 8 heteroatoms. The topological polar surface area (TPSA) is 85.2 Å². The minimum atomic E-state index is -0.563. The smallest absolute Gasteiger partial charge is 0.272 e. The van der Waals surface area contributed by atoms with Crippen LogP contribution in [0.15, 0.2) is 24.5 Å². The van der Waals surface area contributed by atoms with Crippen LogP contribution in [0.3, 0.4) is 0 Å². The molecule has 2 aromatic rings. The molecule has 2 fully saturated rings. The molecule has 1 N–H and O–H groups in total. The number of rotatable bonds is 3. The van der Waals surface area contributed by atoms with Gasteiger partial charge in [-0.15, -0.1) is 0 Å². The molecule has 2 atom stereocenters. The van der Waals surface area contributed by atoms with Crippen LogP contribution in [0.5, 0.6) is 5.75 Å². The highest BCUT2D eigenvalue weighted by atomic mass is 16.5. The molecule has 4 rings (SSSR count). The number of carbonyl (C=O) groups is 2. The van der Waals surface area contributed by atoms with Gasteiger partial charge in [-0.3, -0.25) is 14.0 Å². The van der Waals surface area contributed by atoms with Crippen LogP contribution in [-0.2, 0) is 9.53 Å². The molecule has 2 aromatic heterocycles. The van der Waals surface area contributed by atoms with Gasteiger partial charge in [-0.1, -0.05) is 0 Å². The molecule has 0 saturated carbocycles. The second-order valence-electron chi connectivity index (χ2n) is 6.88. The number of nitrogens with zero attached hydrogens (tertiary/aromatic N) is 3. The average molecular weight is 358 g/mol. The summed E-state index contributed by atoms with van der Waals surface area (Å²) in [7, 11) is 3.24. The van der Waals surface area contributed by atoms with Crippen molar-refractivity contribution in [1.29, 1.82) is 0 Å². The predicted molar refractivity (Wildman–Crippen MR) is 93.1 cm³/mol. The summed E-state index contributed by atoms with van der Waals surface area (Å²) in [5.74, 6) is 0.564. The van der Waals surface area contributed by atoms with Gasteiger partial charge in [0.1, 0.15) is 17.1 Å². The van der Waals surface area contributed by atoms with E-state index in [-0.39, 0.29) is 17.7 Å². The van der Waals surface area contributed by atoms with E-state index in [1.165, 1.54) is 0 Å². The quantitative estimate of drug-likeness (QED) is 0.867. The SMILES string of the molecule is CNC(=O)[C@]12CCOC[C@H]1CN(C(=O)c1cnc3cc(OC)ccn13)C2. The molecule has 0 bridgehead atoms. The Bertz CT molecular complexity index is 864. The molecule has 0 unspecified atom stereocenters. The van der Waals surface area contributed by atoms with Crippen LogP contribution in [-0.4, -0.2) is 66.6 Å². The molecule has 2 saturated heterocycles. The Morgan fingerprint density at radius 1 is 1.46 bits per heavy atom. The molecule has 0 aromatic carbocycles. The van der Waals surface area contributed by atoms with E-state index in [1.54, 1.807) is 48.0 Å². The van der Waals surface area contributed by atoms with Crippen LogP contribution in [0.1, 0.15) is 16.9 Å². The number of fused-ring (bicyclic) bond motifs is 2. The van der Waals surface area contributed by atoms with Crippen LogP contribution >= 0.6 is 0 Å². The summed E-state index contributed by atoms with van der Waals surface area (Å²) in [6, 6.07) is 3.56. The Labute approximate surface area is 151 Å². The summed E-state index contributed by atoms with van der Waals surface area (Å²) in [6.45, 7) is 1.96. The van der Waals surface area contributed by atoms with E-state index >= 15 is 0 Å². The lowest BCUT2D eigenvalue weighted by atomic mass is 9.73. The molecule has 8 nitrogen and oxygen atoms in total. The number of aromatic nitrogens is 2. The zero-order valence-corrected chi connectivity index (χ0v) is 14.9. The van der Waals surface area contributed by atoms with E-state index in [1.807, 2.05) is 0 Å². The van der Waals surface area contributed by atoms with Gasteiger partial charge >= 0.3 is 0 Å². The molecule has 138 valence electrons. The van der Waals surface area contributed by atoms with Gasteiger partial charge in [-0.25, -0.2) is 4.98 Å². The van der Waals surface area contributed by atoms with Crippen LogP contribution in [0.25, 0.3) is 5.65 Å². The molecule has 0 spiro atoms. The fourth-order valence-corrected chi connectivity index (χ4v) is 4.13. The maximum Gasteiger partial charge on any atom is 0.272 e. The number of likely N-dealkylation sites (tertiary alicyclic amines) is 1. The Morgan fingerprint density at radius 3 is 3.08 bits per heavy atom. The lowest BCUT2D eigenvalue weighted by Gasteiger charge is -2.36. The molecule has 0 radical (unpaired) electrons. The van der Waals surface area contributed by atoms with Gasteiger partial charge in [-0.05, 0) is 12.5 Å². The summed E-state index contributed by atoms with van der Waals surface area (Å²) < 4.78 is 12.5. The molecule has 2 amide bonds. The number of amides is 2. The number of hydrogen-bond donors (Lipinski definition) is 1. The predicted octanol–water partition coefficient (Wildman–Crippen LogP) is 0.568. The monoisotopic (exact) mass is 358 g/mol. The number of imidazole rings is 1. The van der Waals surface area contributed by atoms with Crippen molar-refractivity contribution in [3.8, 4) is 5.75 Å². The first-order valence-corrected chi connectivity index (χ1v) is 8.69. The van der Waals surface area contributed by atoms with E-state index in [9.17, 15) is 9.59 Å². The van der Waals surface area contributed by atoms with Crippen molar-refractivity contribution in [2.45, 2.75) is 6.42 Å². The molecule has 4 heterocycles. The first-order chi connectivity index (χ1) is 12.6. The normalized spacial score (nSPS) is 25.2. The largest absolute Gasteiger partial charge is 0.497 e. The van der Waals surface area contributed by atoms with Crippen LogP contribution < -0.4 is 10.1 Å². The van der Waals surface area contributed by atoms with Gasteiger partial charge in [0.2, 0.25) is 5.91 Å². The summed E-state index contributed by atoms with van der Waals surface area (Å²) in [6.07, 6.45) is 3.97. The average Bonchev–Trinajstić information content (AvgIpc) is 3.28. The minimum absolute atomic E-state index is 0.0102. The molecular formula is C18H22N4O4. The van der Waals surface area contributed by atoms with Crippen LogP contribution in [0, 0.1) is 11.3 Å². The summed E-state index contributed by atoms with van der Waals surface area (Å²) >= 11 is 0. The molecular weight excluding hydrogens is 336 g/mol. The minimum Gasteiger partial charge on any atom is -0.497 e. The third-order valence-electron chi connectivity index (χ3n) is 5.61. The standard InChI is InChI=1S/C18H22N4O4/c1-19-17(24)18-4-6-26-10-12(18)9-21(11-18)16(23)14-8-20-15-7-13(25-2)3-5-22(14)15/h3,5,7-8,12H,4,6,9-11H2,1-2H3,(H,19,24)/t12-,18+/m1/s1. The van der Waals surface area contributed by atoms with Gasteiger partial charge in [0.05, 0.1) is 25.3 Å². The van der Waals surface area contributed by atoms with Gasteiger partial charge in [-0.2, -0.15) is 0 Å². The highest BCUT2D eigenvalue weighted by Gasteiger charge is 2.54. The van der Waals surface area contributed by atoms with E-state index in [0.717, 1.165) is 0 Å². The molecule has 26 heavy (non-hydrogen) atoms. The summed E-state index contributed by atoms with van der Waals surface area (Å²) in [5, 5.41) is 2.77. The Morgan fingerprint density at radius 2 is 2.31 bits per heavy atom. The summed E-state index contributed by atoms with van der Waals surface area (Å²) in [5.41, 5.74) is 0.565. The van der Waals surface area contributed by atoms with Gasteiger partial charge in [0.15, 0.2) is 0 Å². The first-order valence-electron chi connectivity index (χ1n) is 8.69. The van der Waals surface area contributed by atoms with Crippen molar-refractivity contribution >= 4 is 17.5 Å². The summed E-state index contributed by atoms with van der Waals surface area (Å²) in [4.78, 5) is 31.8. The number of hydrogen-bond acceptors (Lipinski definition) is 5. The second kappa shape index (κ2) is 6.28. The van der Waals surface area contributed by atoms with Crippen molar-refractivity contribution in [2.24, 2.45) is 11.3 Å². The molecule has 0 aliphatic carbocycles. The lowest BCUT2D eigenvalue weighted by Crippen LogP contribution is -2.49. The van der Waals surface area contributed by atoms with Crippen LogP contribution in [0.4, 0.5) is 0 Å². The van der Waals surface area contributed by atoms with E-state index in [2.05, 4.69) is 10.3 Å². The Hall–Kier alpha value is -2.61. The number of nitrogens with one attached hydrogen (secondary N) is 1. The molecule has 2 aliphatic rings. The van der Waals surface area contributed by atoms with Crippen LogP contribution in [0.2, 0.25) is 0 Å². The maximum absolute atomic E-state index is 13.1. The zero-order valence-electron chi connectivity index (χ0n) is 14.9. The van der Waals surface area contributed by atoms with Gasteiger partial charge in [0, 0.05) is 44.9 Å². The van der Waals surface area contributed by atoms with Crippen molar-refractivity contribution in [2.75, 3.05) is 40.5 Å². The first kappa shape index (κ1) is 16.8. The van der Waals surface area contributed by atoms with Crippen molar-refractivity contribution in [1.82, 2.24) is 19.6 Å². The highest BCUT2D eigenvalue weighted by molar-refractivity contribution is 5.95. The Balaban J connectivity index is 1.64. The highest BCUT2D eigenvalue weighted by Crippen LogP contribution is 2.42. The number of carbonyl (C=O) groups excluding carboxylic acids is 2. The third-order valence-corrected chi connectivity index (χ3v) is 5.61. The fraction of sp³-hybridized carbons (Fsp3) is 0.500. The zero-order chi connectivity index (χ0) is 18.3. The number of ether oxygens (including phenoxy) is 2. The van der Waals surface area contributed by atoms with Gasteiger partial charge in [0.25, 0.3) is 5.91 Å². The maximum atomic E-state index is 13.1. The van der Waals surface area contributed by atoms with Gasteiger partial charge < -0.3 is 19.7 Å². The van der Waals surface area contributed by atoms with E-state index in [0.29, 0.717) is 49.8 Å². The Kier molecular flexibility index (Phi) is 4.07. The van der Waals surface area contributed by atoms with Crippen molar-refractivity contribution in [3.05, 3.63) is 30.2 Å². The second-order valence-corrected chi connectivity index (χ2v) is 6.88. The van der Waals surface area contributed by atoms with E-state index in [4.69, 9.17) is 9.47 Å². The van der Waals surface area contributed by atoms with E-state index < -0.39 is 5.41 Å². The molecule has 2 aliphatic heterocycles. The van der Waals surface area contributed by atoms with Crippen molar-refractivity contribution < 1.29 is 19.1 Å². The number of pyridine rings is 1. The fourth-order valence-electron chi connectivity index (χ4n) is 4.13.